The van der Waals surface area contributed by atoms with Crippen LogP contribution in [0.15, 0.2) is 48.7 Å². The summed E-state index contributed by atoms with van der Waals surface area (Å²) in [7, 11) is 0. The summed E-state index contributed by atoms with van der Waals surface area (Å²) >= 11 is 0. The molecular formula is C16H13FN4O2. The van der Waals surface area contributed by atoms with Gasteiger partial charge in [-0.15, -0.1) is 0 Å². The summed E-state index contributed by atoms with van der Waals surface area (Å²) in [5.41, 5.74) is 1.59. The van der Waals surface area contributed by atoms with Crippen molar-refractivity contribution in [2.24, 2.45) is 0 Å². The maximum Gasteiger partial charge on any atom is 0.251 e. The quantitative estimate of drug-likeness (QED) is 0.689. The Morgan fingerprint density at radius 3 is 2.87 bits per heavy atom. The molecule has 1 aromatic heterocycles. The molecule has 6 nitrogen and oxygen atoms in total. The van der Waals surface area contributed by atoms with E-state index in [1.165, 1.54) is 18.2 Å². The molecule has 1 heterocycles. The second kappa shape index (κ2) is 6.27. The van der Waals surface area contributed by atoms with Gasteiger partial charge in [-0.25, -0.2) is 4.39 Å². The summed E-state index contributed by atoms with van der Waals surface area (Å²) in [6, 6.07) is 10.6. The van der Waals surface area contributed by atoms with Crippen LogP contribution < -0.4 is 10.6 Å². The van der Waals surface area contributed by atoms with Crippen molar-refractivity contribution in [3.05, 3.63) is 60.0 Å². The van der Waals surface area contributed by atoms with Gasteiger partial charge in [-0.05, 0) is 36.4 Å². The zero-order valence-corrected chi connectivity index (χ0v) is 12.0. The molecule has 23 heavy (non-hydrogen) atoms. The zero-order chi connectivity index (χ0) is 16.2. The van der Waals surface area contributed by atoms with Crippen molar-refractivity contribution in [2.45, 2.75) is 0 Å². The van der Waals surface area contributed by atoms with Crippen LogP contribution in [-0.2, 0) is 4.79 Å². The van der Waals surface area contributed by atoms with Gasteiger partial charge in [0.1, 0.15) is 5.82 Å². The molecule has 2 amide bonds. The fraction of sp³-hybridized carbons (Fsp3) is 0.0625. The second-order valence-corrected chi connectivity index (χ2v) is 4.91. The monoisotopic (exact) mass is 312 g/mol. The lowest BCUT2D eigenvalue weighted by atomic mass is 10.1. The van der Waals surface area contributed by atoms with Crippen molar-refractivity contribution in [3.8, 4) is 0 Å². The number of halogens is 1. The topological polar surface area (TPSA) is 86.9 Å². The number of aromatic nitrogens is 2. The summed E-state index contributed by atoms with van der Waals surface area (Å²) in [6.07, 6.45) is 1.61. The molecule has 2 aromatic carbocycles. The van der Waals surface area contributed by atoms with Crippen LogP contribution in [0.1, 0.15) is 10.4 Å². The number of nitrogens with zero attached hydrogens (tertiary/aromatic N) is 1. The Hall–Kier alpha value is -3.22. The summed E-state index contributed by atoms with van der Waals surface area (Å²) in [5.74, 6) is -1.25. The van der Waals surface area contributed by atoms with Gasteiger partial charge in [0.25, 0.3) is 5.91 Å². The number of anilines is 1. The Morgan fingerprint density at radius 1 is 1.17 bits per heavy atom. The Bertz CT molecular complexity index is 875. The number of fused-ring (bicyclic) bond motifs is 1. The fourth-order valence-electron chi connectivity index (χ4n) is 2.12. The predicted molar refractivity (Wildman–Crippen MR) is 83.5 cm³/mol. The highest BCUT2D eigenvalue weighted by Gasteiger charge is 2.09. The second-order valence-electron chi connectivity index (χ2n) is 4.91. The van der Waals surface area contributed by atoms with Crippen molar-refractivity contribution in [2.75, 3.05) is 11.9 Å². The first-order chi connectivity index (χ1) is 11.1. The van der Waals surface area contributed by atoms with Crippen LogP contribution in [0, 0.1) is 5.82 Å². The minimum atomic E-state index is -0.444. The molecule has 0 bridgehead atoms. The zero-order valence-electron chi connectivity index (χ0n) is 12.0. The number of amides is 2. The average Bonchev–Trinajstić information content (AvgIpc) is 3.00. The molecule has 0 unspecified atom stereocenters. The standard InChI is InChI=1S/C16H13FN4O2/c17-12-2-1-3-13(7-12)20-15(22)9-18-16(23)10-4-5-14-11(6-10)8-19-21-14/h1-8H,9H2,(H,18,23)(H,19,21)(H,20,22). The number of carbonyl (C=O) groups is 2. The number of aromatic amines is 1. The van der Waals surface area contributed by atoms with Crippen LogP contribution >= 0.6 is 0 Å². The van der Waals surface area contributed by atoms with Gasteiger partial charge in [-0.3, -0.25) is 14.7 Å². The van der Waals surface area contributed by atoms with Gasteiger partial charge in [0.05, 0.1) is 18.3 Å². The fourth-order valence-corrected chi connectivity index (χ4v) is 2.12. The van der Waals surface area contributed by atoms with Gasteiger partial charge in [0.15, 0.2) is 0 Å². The molecule has 0 saturated carbocycles. The first-order valence-electron chi connectivity index (χ1n) is 6.88. The van der Waals surface area contributed by atoms with Crippen LogP contribution in [0.5, 0.6) is 0 Å². The highest BCUT2D eigenvalue weighted by molar-refractivity contribution is 6.01. The number of H-pyrrole nitrogens is 1. The van der Waals surface area contributed by atoms with Gasteiger partial charge < -0.3 is 10.6 Å². The third-order valence-corrected chi connectivity index (χ3v) is 3.22. The highest BCUT2D eigenvalue weighted by Crippen LogP contribution is 2.12. The largest absolute Gasteiger partial charge is 0.343 e. The molecule has 3 rings (SSSR count). The normalized spacial score (nSPS) is 10.5. The molecular weight excluding hydrogens is 299 g/mol. The third-order valence-electron chi connectivity index (χ3n) is 3.22. The molecule has 7 heteroatoms. The van der Waals surface area contributed by atoms with Crippen LogP contribution in [0.4, 0.5) is 10.1 Å². The lowest BCUT2D eigenvalue weighted by molar-refractivity contribution is -0.115. The van der Waals surface area contributed by atoms with Crippen molar-refractivity contribution < 1.29 is 14.0 Å². The molecule has 0 spiro atoms. The van der Waals surface area contributed by atoms with E-state index < -0.39 is 11.7 Å². The van der Waals surface area contributed by atoms with Gasteiger partial charge in [0.2, 0.25) is 5.91 Å². The number of benzene rings is 2. The van der Waals surface area contributed by atoms with Crippen molar-refractivity contribution in [1.82, 2.24) is 15.5 Å². The smallest absolute Gasteiger partial charge is 0.251 e. The lowest BCUT2D eigenvalue weighted by Gasteiger charge is -2.07. The highest BCUT2D eigenvalue weighted by atomic mass is 19.1. The van der Waals surface area contributed by atoms with Gasteiger partial charge >= 0.3 is 0 Å². The minimum absolute atomic E-state index is 0.210. The van der Waals surface area contributed by atoms with Crippen LogP contribution in [-0.4, -0.2) is 28.6 Å². The summed E-state index contributed by atoms with van der Waals surface area (Å²) in [4.78, 5) is 23.8. The number of carbonyl (C=O) groups excluding carboxylic acids is 2. The predicted octanol–water partition coefficient (Wildman–Crippen LogP) is 2.07. The van der Waals surface area contributed by atoms with E-state index in [9.17, 15) is 14.0 Å². The van der Waals surface area contributed by atoms with Crippen LogP contribution in [0.25, 0.3) is 10.9 Å². The van der Waals surface area contributed by atoms with E-state index in [1.807, 2.05) is 0 Å². The number of rotatable bonds is 4. The van der Waals surface area contributed by atoms with E-state index in [0.29, 0.717) is 11.3 Å². The van der Waals surface area contributed by atoms with Gasteiger partial charge in [0, 0.05) is 16.6 Å². The molecule has 0 aliphatic heterocycles. The summed E-state index contributed by atoms with van der Waals surface area (Å²) in [6.45, 7) is -0.210. The molecule has 3 N–H and O–H groups in total. The maximum absolute atomic E-state index is 13.0. The van der Waals surface area contributed by atoms with Gasteiger partial charge in [-0.2, -0.15) is 5.10 Å². The Kier molecular flexibility index (Phi) is 4.01. The van der Waals surface area contributed by atoms with Crippen molar-refractivity contribution in [1.29, 1.82) is 0 Å². The number of hydrogen-bond donors (Lipinski definition) is 3. The van der Waals surface area contributed by atoms with Crippen LogP contribution in [0.2, 0.25) is 0 Å². The molecule has 0 radical (unpaired) electrons. The minimum Gasteiger partial charge on any atom is -0.343 e. The lowest BCUT2D eigenvalue weighted by Crippen LogP contribution is -2.32. The number of nitrogens with one attached hydrogen (secondary N) is 3. The number of hydrogen-bond acceptors (Lipinski definition) is 3. The Balaban J connectivity index is 1.58. The van der Waals surface area contributed by atoms with Gasteiger partial charge in [-0.1, -0.05) is 6.07 Å². The molecule has 0 aliphatic rings. The van der Waals surface area contributed by atoms with E-state index in [0.717, 1.165) is 10.9 Å². The molecule has 116 valence electrons. The van der Waals surface area contributed by atoms with E-state index >= 15 is 0 Å². The Labute approximate surface area is 130 Å². The van der Waals surface area contributed by atoms with E-state index in [2.05, 4.69) is 20.8 Å². The summed E-state index contributed by atoms with van der Waals surface area (Å²) < 4.78 is 13.0. The molecule has 0 aliphatic carbocycles. The van der Waals surface area contributed by atoms with Crippen molar-refractivity contribution in [3.63, 3.8) is 0 Å². The van der Waals surface area contributed by atoms with Crippen molar-refractivity contribution >= 4 is 28.4 Å². The van der Waals surface area contributed by atoms with E-state index in [-0.39, 0.29) is 12.5 Å². The molecule has 0 saturated heterocycles. The summed E-state index contributed by atoms with van der Waals surface area (Å²) in [5, 5.41) is 12.5. The van der Waals surface area contributed by atoms with E-state index in [1.54, 1.807) is 30.5 Å². The first kappa shape index (κ1) is 14.7. The molecule has 0 atom stereocenters. The first-order valence-corrected chi connectivity index (χ1v) is 6.88. The molecule has 3 aromatic rings. The average molecular weight is 312 g/mol. The Morgan fingerprint density at radius 2 is 2.04 bits per heavy atom. The maximum atomic E-state index is 13.0. The van der Waals surface area contributed by atoms with Crippen LogP contribution in [0.3, 0.4) is 0 Å². The third kappa shape index (κ3) is 3.52. The SMILES string of the molecule is O=C(CNC(=O)c1ccc2[nH]ncc2c1)Nc1cccc(F)c1. The molecule has 0 fully saturated rings. The van der Waals surface area contributed by atoms with E-state index in [4.69, 9.17) is 0 Å².